The van der Waals surface area contributed by atoms with Gasteiger partial charge in [-0.25, -0.2) is 0 Å². The Morgan fingerprint density at radius 2 is 1.65 bits per heavy atom. The molecule has 0 saturated heterocycles. The van der Waals surface area contributed by atoms with Gasteiger partial charge in [-0.2, -0.15) is 0 Å². The summed E-state index contributed by atoms with van der Waals surface area (Å²) in [5.41, 5.74) is 1.38. The molecule has 0 aromatic heterocycles. The molecular weight excluding hydrogens is 330 g/mol. The van der Waals surface area contributed by atoms with Crippen molar-refractivity contribution < 1.29 is 19.1 Å². The van der Waals surface area contributed by atoms with Crippen LogP contribution < -0.4 is 10.1 Å². The Labute approximate surface area is 151 Å². The van der Waals surface area contributed by atoms with Crippen LogP contribution in [-0.2, 0) is 16.1 Å². The molecule has 0 bridgehead atoms. The summed E-state index contributed by atoms with van der Waals surface area (Å²) in [5.74, 6) is -0.161. The van der Waals surface area contributed by atoms with E-state index in [4.69, 9.17) is 9.47 Å². The fourth-order valence-electron chi connectivity index (χ4n) is 2.62. The standard InChI is InChI=1S/C21H19NO4/c1-25-18-11-9-16(10-12-18)21(24)22-13-20(23)26-14-17-7-4-6-15-5-2-3-8-19(15)17/h2-12H,13-14H2,1H3,(H,22,24). The highest BCUT2D eigenvalue weighted by Crippen LogP contribution is 2.19. The molecule has 0 fully saturated rings. The molecule has 26 heavy (non-hydrogen) atoms. The highest BCUT2D eigenvalue weighted by molar-refractivity contribution is 5.96. The monoisotopic (exact) mass is 349 g/mol. The van der Waals surface area contributed by atoms with Crippen molar-refractivity contribution in [3.63, 3.8) is 0 Å². The lowest BCUT2D eigenvalue weighted by Gasteiger charge is -2.09. The number of fused-ring (bicyclic) bond motifs is 1. The van der Waals surface area contributed by atoms with Gasteiger partial charge in [0.15, 0.2) is 0 Å². The molecule has 0 aliphatic carbocycles. The van der Waals surface area contributed by atoms with Crippen molar-refractivity contribution >= 4 is 22.6 Å². The summed E-state index contributed by atoms with van der Waals surface area (Å²) < 4.78 is 10.3. The second-order valence-electron chi connectivity index (χ2n) is 5.71. The zero-order valence-electron chi connectivity index (χ0n) is 14.4. The van der Waals surface area contributed by atoms with E-state index >= 15 is 0 Å². The number of ether oxygens (including phenoxy) is 2. The summed E-state index contributed by atoms with van der Waals surface area (Å²) in [6.07, 6.45) is 0. The van der Waals surface area contributed by atoms with E-state index in [-0.39, 0.29) is 19.1 Å². The van der Waals surface area contributed by atoms with Crippen LogP contribution in [-0.4, -0.2) is 25.5 Å². The summed E-state index contributed by atoms with van der Waals surface area (Å²) in [7, 11) is 1.56. The summed E-state index contributed by atoms with van der Waals surface area (Å²) in [6.45, 7) is -0.0196. The molecule has 0 spiro atoms. The zero-order valence-corrected chi connectivity index (χ0v) is 14.4. The number of nitrogens with one attached hydrogen (secondary N) is 1. The molecule has 132 valence electrons. The molecule has 5 heteroatoms. The Bertz CT molecular complexity index is 913. The van der Waals surface area contributed by atoms with Crippen LogP contribution in [0.5, 0.6) is 5.75 Å². The number of hydrogen-bond donors (Lipinski definition) is 1. The quantitative estimate of drug-likeness (QED) is 0.694. The van der Waals surface area contributed by atoms with Crippen molar-refractivity contribution in [3.05, 3.63) is 77.9 Å². The minimum absolute atomic E-state index is 0.165. The van der Waals surface area contributed by atoms with Gasteiger partial charge in [0.1, 0.15) is 18.9 Å². The summed E-state index contributed by atoms with van der Waals surface area (Å²) >= 11 is 0. The maximum atomic E-state index is 12.0. The van der Waals surface area contributed by atoms with E-state index in [0.717, 1.165) is 16.3 Å². The Hall–Kier alpha value is -3.34. The van der Waals surface area contributed by atoms with E-state index in [1.165, 1.54) is 0 Å². The Kier molecular flexibility index (Phi) is 5.49. The smallest absolute Gasteiger partial charge is 0.325 e. The van der Waals surface area contributed by atoms with Crippen LogP contribution in [0.15, 0.2) is 66.7 Å². The van der Waals surface area contributed by atoms with Gasteiger partial charge in [-0.05, 0) is 40.6 Å². The predicted octanol–water partition coefficient (Wildman–Crippen LogP) is 3.32. The second kappa shape index (κ2) is 8.16. The third-order valence-electron chi connectivity index (χ3n) is 4.01. The number of methoxy groups -OCH3 is 1. The largest absolute Gasteiger partial charge is 0.497 e. The van der Waals surface area contributed by atoms with Crippen LogP contribution in [0.1, 0.15) is 15.9 Å². The summed E-state index contributed by atoms with van der Waals surface area (Å²) in [6, 6.07) is 20.4. The maximum Gasteiger partial charge on any atom is 0.325 e. The van der Waals surface area contributed by atoms with Crippen molar-refractivity contribution in [3.8, 4) is 5.75 Å². The first-order valence-electron chi connectivity index (χ1n) is 8.22. The van der Waals surface area contributed by atoms with Crippen LogP contribution in [0, 0.1) is 0 Å². The van der Waals surface area contributed by atoms with E-state index in [1.54, 1.807) is 31.4 Å². The molecule has 5 nitrogen and oxygen atoms in total. The SMILES string of the molecule is COc1ccc(C(=O)NCC(=O)OCc2cccc3ccccc23)cc1. The number of carbonyl (C=O) groups is 2. The van der Waals surface area contributed by atoms with Crippen molar-refractivity contribution in [2.45, 2.75) is 6.61 Å². The van der Waals surface area contributed by atoms with Gasteiger partial charge in [0.2, 0.25) is 0 Å². The first-order chi connectivity index (χ1) is 12.7. The summed E-state index contributed by atoms with van der Waals surface area (Å²) in [4.78, 5) is 24.0. The molecule has 0 aliphatic heterocycles. The zero-order chi connectivity index (χ0) is 18.4. The molecule has 1 amide bonds. The average Bonchev–Trinajstić information content (AvgIpc) is 2.70. The molecular formula is C21H19NO4. The van der Waals surface area contributed by atoms with Crippen molar-refractivity contribution in [2.75, 3.05) is 13.7 Å². The van der Waals surface area contributed by atoms with Gasteiger partial charge in [-0.1, -0.05) is 42.5 Å². The number of hydrogen-bond acceptors (Lipinski definition) is 4. The molecule has 1 N–H and O–H groups in total. The van der Waals surface area contributed by atoms with Crippen molar-refractivity contribution in [1.29, 1.82) is 0 Å². The van der Waals surface area contributed by atoms with Crippen LogP contribution in [0.2, 0.25) is 0 Å². The highest BCUT2D eigenvalue weighted by Gasteiger charge is 2.10. The minimum Gasteiger partial charge on any atom is -0.497 e. The fraction of sp³-hybridized carbons (Fsp3) is 0.143. The second-order valence-corrected chi connectivity index (χ2v) is 5.71. The Morgan fingerprint density at radius 3 is 2.42 bits per heavy atom. The summed E-state index contributed by atoms with van der Waals surface area (Å²) in [5, 5.41) is 4.69. The molecule has 0 radical (unpaired) electrons. The molecule has 0 atom stereocenters. The molecule has 3 aromatic rings. The number of esters is 1. The Balaban J connectivity index is 1.53. The van der Waals surface area contributed by atoms with E-state index in [0.29, 0.717) is 11.3 Å². The van der Waals surface area contributed by atoms with Gasteiger partial charge < -0.3 is 14.8 Å². The number of benzene rings is 3. The van der Waals surface area contributed by atoms with E-state index in [2.05, 4.69) is 5.32 Å². The lowest BCUT2D eigenvalue weighted by atomic mass is 10.1. The minimum atomic E-state index is -0.486. The topological polar surface area (TPSA) is 64.6 Å². The molecule has 0 saturated carbocycles. The predicted molar refractivity (Wildman–Crippen MR) is 99.1 cm³/mol. The third kappa shape index (κ3) is 4.19. The van der Waals surface area contributed by atoms with Crippen molar-refractivity contribution in [2.24, 2.45) is 0 Å². The number of rotatable bonds is 6. The van der Waals surface area contributed by atoms with Crippen molar-refractivity contribution in [1.82, 2.24) is 5.32 Å². The highest BCUT2D eigenvalue weighted by atomic mass is 16.5. The lowest BCUT2D eigenvalue weighted by molar-refractivity contribution is -0.143. The van der Waals surface area contributed by atoms with Crippen LogP contribution >= 0.6 is 0 Å². The van der Waals surface area contributed by atoms with E-state index in [1.807, 2.05) is 42.5 Å². The van der Waals surface area contributed by atoms with Gasteiger partial charge in [0.25, 0.3) is 5.91 Å². The normalized spacial score (nSPS) is 10.3. The molecule has 0 unspecified atom stereocenters. The van der Waals surface area contributed by atoms with E-state index in [9.17, 15) is 9.59 Å². The maximum absolute atomic E-state index is 12.0. The van der Waals surface area contributed by atoms with Crippen LogP contribution in [0.3, 0.4) is 0 Å². The average molecular weight is 349 g/mol. The van der Waals surface area contributed by atoms with E-state index < -0.39 is 5.97 Å². The first kappa shape index (κ1) is 17.5. The van der Waals surface area contributed by atoms with Crippen LogP contribution in [0.25, 0.3) is 10.8 Å². The van der Waals surface area contributed by atoms with Gasteiger partial charge in [0.05, 0.1) is 7.11 Å². The molecule has 0 aliphatic rings. The Morgan fingerprint density at radius 1 is 0.923 bits per heavy atom. The lowest BCUT2D eigenvalue weighted by Crippen LogP contribution is -2.30. The van der Waals surface area contributed by atoms with Gasteiger partial charge in [-0.3, -0.25) is 9.59 Å². The fourth-order valence-corrected chi connectivity index (χ4v) is 2.62. The number of carbonyl (C=O) groups excluding carboxylic acids is 2. The molecule has 0 heterocycles. The van der Waals surface area contributed by atoms with Crippen LogP contribution in [0.4, 0.5) is 0 Å². The number of amides is 1. The molecule has 3 rings (SSSR count). The van der Waals surface area contributed by atoms with Gasteiger partial charge in [-0.15, -0.1) is 0 Å². The van der Waals surface area contributed by atoms with Gasteiger partial charge in [0, 0.05) is 5.56 Å². The van der Waals surface area contributed by atoms with Gasteiger partial charge >= 0.3 is 5.97 Å². The first-order valence-corrected chi connectivity index (χ1v) is 8.22. The molecule has 3 aromatic carbocycles. The third-order valence-corrected chi connectivity index (χ3v) is 4.01.